The molecular formula is C11H13N5O2. The van der Waals surface area contributed by atoms with Crippen molar-refractivity contribution in [3.63, 3.8) is 0 Å². The molecule has 3 N–H and O–H groups in total. The topological polar surface area (TPSA) is 94.9 Å². The molecule has 1 amide bonds. The van der Waals surface area contributed by atoms with Gasteiger partial charge in [0, 0.05) is 26.4 Å². The highest BCUT2D eigenvalue weighted by Crippen LogP contribution is 2.12. The molecule has 2 aromatic rings. The van der Waals surface area contributed by atoms with Crippen molar-refractivity contribution in [1.29, 1.82) is 0 Å². The van der Waals surface area contributed by atoms with Crippen LogP contribution in [0.4, 0.5) is 11.4 Å². The second-order valence-corrected chi connectivity index (χ2v) is 3.89. The SMILES string of the molecule is Cn1ncc(N)c1C(=O)Nc1ccc(=O)n(C)c1. The highest BCUT2D eigenvalue weighted by atomic mass is 16.2. The van der Waals surface area contributed by atoms with Crippen molar-refractivity contribution in [1.82, 2.24) is 14.3 Å². The zero-order chi connectivity index (χ0) is 13.3. The fraction of sp³-hybridized carbons (Fsp3) is 0.182. The molecule has 0 radical (unpaired) electrons. The zero-order valence-electron chi connectivity index (χ0n) is 10.0. The molecule has 18 heavy (non-hydrogen) atoms. The third kappa shape index (κ3) is 2.10. The zero-order valence-corrected chi connectivity index (χ0v) is 10.0. The first-order chi connectivity index (χ1) is 8.49. The number of pyridine rings is 1. The van der Waals surface area contributed by atoms with Crippen LogP contribution in [0.5, 0.6) is 0 Å². The van der Waals surface area contributed by atoms with Gasteiger partial charge in [-0.05, 0) is 6.07 Å². The number of nitrogens with two attached hydrogens (primary N) is 1. The van der Waals surface area contributed by atoms with E-state index in [1.54, 1.807) is 14.1 Å². The van der Waals surface area contributed by atoms with Crippen LogP contribution >= 0.6 is 0 Å². The predicted octanol–water partition coefficient (Wildman–Crippen LogP) is -0.0467. The van der Waals surface area contributed by atoms with Gasteiger partial charge in [0.1, 0.15) is 5.69 Å². The van der Waals surface area contributed by atoms with E-state index in [0.29, 0.717) is 11.4 Å². The number of aromatic nitrogens is 3. The van der Waals surface area contributed by atoms with E-state index < -0.39 is 0 Å². The van der Waals surface area contributed by atoms with Crippen LogP contribution in [0.15, 0.2) is 29.3 Å². The molecule has 0 bridgehead atoms. The molecule has 0 aliphatic carbocycles. The minimum Gasteiger partial charge on any atom is -0.396 e. The third-order valence-electron chi connectivity index (χ3n) is 2.53. The van der Waals surface area contributed by atoms with E-state index in [-0.39, 0.29) is 17.2 Å². The first-order valence-corrected chi connectivity index (χ1v) is 5.24. The average molecular weight is 247 g/mol. The molecule has 0 atom stereocenters. The van der Waals surface area contributed by atoms with Gasteiger partial charge in [0.2, 0.25) is 5.56 Å². The van der Waals surface area contributed by atoms with Crippen LogP contribution in [0.1, 0.15) is 10.5 Å². The summed E-state index contributed by atoms with van der Waals surface area (Å²) in [6, 6.07) is 2.91. The number of nitrogens with one attached hydrogen (secondary N) is 1. The van der Waals surface area contributed by atoms with Crippen molar-refractivity contribution < 1.29 is 4.79 Å². The maximum absolute atomic E-state index is 12.0. The summed E-state index contributed by atoms with van der Waals surface area (Å²) < 4.78 is 2.77. The molecule has 2 rings (SSSR count). The summed E-state index contributed by atoms with van der Waals surface area (Å²) in [5.41, 5.74) is 6.61. The number of hydrogen-bond donors (Lipinski definition) is 2. The molecule has 2 heterocycles. The molecule has 7 nitrogen and oxygen atoms in total. The summed E-state index contributed by atoms with van der Waals surface area (Å²) in [6.07, 6.45) is 2.95. The quantitative estimate of drug-likeness (QED) is 0.778. The molecule has 0 spiro atoms. The number of aryl methyl sites for hydroxylation is 2. The van der Waals surface area contributed by atoms with Gasteiger partial charge in [0.15, 0.2) is 0 Å². The summed E-state index contributed by atoms with van der Waals surface area (Å²) in [4.78, 5) is 23.2. The summed E-state index contributed by atoms with van der Waals surface area (Å²) in [6.45, 7) is 0. The molecule has 0 aliphatic heterocycles. The Morgan fingerprint density at radius 1 is 1.39 bits per heavy atom. The minimum absolute atomic E-state index is 0.145. The van der Waals surface area contributed by atoms with Crippen molar-refractivity contribution >= 4 is 17.3 Å². The van der Waals surface area contributed by atoms with Gasteiger partial charge in [-0.3, -0.25) is 14.3 Å². The first kappa shape index (κ1) is 11.9. The minimum atomic E-state index is -0.369. The molecule has 0 unspecified atom stereocenters. The van der Waals surface area contributed by atoms with E-state index >= 15 is 0 Å². The summed E-state index contributed by atoms with van der Waals surface area (Å²) in [5.74, 6) is -0.369. The van der Waals surface area contributed by atoms with Gasteiger partial charge in [-0.25, -0.2) is 0 Å². The van der Waals surface area contributed by atoms with E-state index in [4.69, 9.17) is 5.73 Å². The van der Waals surface area contributed by atoms with E-state index in [2.05, 4.69) is 10.4 Å². The Balaban J connectivity index is 2.27. The lowest BCUT2D eigenvalue weighted by molar-refractivity contribution is 0.101. The van der Waals surface area contributed by atoms with Gasteiger partial charge in [-0.15, -0.1) is 0 Å². The lowest BCUT2D eigenvalue weighted by atomic mass is 10.3. The van der Waals surface area contributed by atoms with Crippen LogP contribution in [0.2, 0.25) is 0 Å². The number of anilines is 2. The fourth-order valence-corrected chi connectivity index (χ4v) is 1.59. The van der Waals surface area contributed by atoms with Crippen LogP contribution in [0.3, 0.4) is 0 Å². The molecule has 0 saturated heterocycles. The maximum Gasteiger partial charge on any atom is 0.276 e. The van der Waals surface area contributed by atoms with Crippen molar-refractivity contribution in [2.24, 2.45) is 14.1 Å². The molecule has 0 fully saturated rings. The summed E-state index contributed by atoms with van der Waals surface area (Å²) in [5, 5.41) is 6.54. The van der Waals surface area contributed by atoms with Gasteiger partial charge < -0.3 is 15.6 Å². The Labute approximate surface area is 103 Å². The molecule has 2 aromatic heterocycles. The third-order valence-corrected chi connectivity index (χ3v) is 2.53. The molecule has 7 heteroatoms. The van der Waals surface area contributed by atoms with Gasteiger partial charge >= 0.3 is 0 Å². The van der Waals surface area contributed by atoms with E-state index in [0.717, 1.165) is 0 Å². The highest BCUT2D eigenvalue weighted by molar-refractivity contribution is 6.06. The number of nitrogen functional groups attached to an aromatic ring is 1. The smallest absolute Gasteiger partial charge is 0.276 e. The monoisotopic (exact) mass is 247 g/mol. The molecule has 0 saturated carbocycles. The summed E-state index contributed by atoms with van der Waals surface area (Å²) >= 11 is 0. The Morgan fingerprint density at radius 3 is 2.67 bits per heavy atom. The summed E-state index contributed by atoms with van der Waals surface area (Å²) in [7, 11) is 3.24. The fourth-order valence-electron chi connectivity index (χ4n) is 1.59. The van der Waals surface area contributed by atoms with Crippen molar-refractivity contribution in [3.8, 4) is 0 Å². The number of nitrogens with zero attached hydrogens (tertiary/aromatic N) is 3. The van der Waals surface area contributed by atoms with Gasteiger partial charge in [0.25, 0.3) is 5.91 Å². The molecular weight excluding hydrogens is 234 g/mol. The van der Waals surface area contributed by atoms with E-state index in [1.165, 1.54) is 33.8 Å². The van der Waals surface area contributed by atoms with Crippen LogP contribution < -0.4 is 16.6 Å². The number of hydrogen-bond acceptors (Lipinski definition) is 4. The van der Waals surface area contributed by atoms with Gasteiger partial charge in [0.05, 0.1) is 17.6 Å². The number of carbonyl (C=O) groups is 1. The van der Waals surface area contributed by atoms with Crippen LogP contribution in [-0.4, -0.2) is 20.3 Å². The molecule has 0 aromatic carbocycles. The normalized spacial score (nSPS) is 10.3. The van der Waals surface area contributed by atoms with Crippen LogP contribution in [0, 0.1) is 0 Å². The number of carbonyl (C=O) groups excluding carboxylic acids is 1. The lowest BCUT2D eigenvalue weighted by Crippen LogP contribution is -2.20. The van der Waals surface area contributed by atoms with Crippen molar-refractivity contribution in [2.75, 3.05) is 11.1 Å². The Bertz CT molecular complexity index is 636. The van der Waals surface area contributed by atoms with E-state index in [1.807, 2.05) is 0 Å². The van der Waals surface area contributed by atoms with Crippen molar-refractivity contribution in [2.45, 2.75) is 0 Å². The van der Waals surface area contributed by atoms with E-state index in [9.17, 15) is 9.59 Å². The van der Waals surface area contributed by atoms with Crippen molar-refractivity contribution in [3.05, 3.63) is 40.6 Å². The Hall–Kier alpha value is -2.57. The second-order valence-electron chi connectivity index (χ2n) is 3.89. The van der Waals surface area contributed by atoms with Gasteiger partial charge in [-0.1, -0.05) is 0 Å². The molecule has 0 aliphatic rings. The lowest BCUT2D eigenvalue weighted by Gasteiger charge is -2.07. The Morgan fingerprint density at radius 2 is 2.11 bits per heavy atom. The number of amides is 1. The van der Waals surface area contributed by atoms with Crippen LogP contribution in [-0.2, 0) is 14.1 Å². The van der Waals surface area contributed by atoms with Gasteiger partial charge in [-0.2, -0.15) is 5.10 Å². The number of rotatable bonds is 2. The second kappa shape index (κ2) is 4.36. The Kier molecular flexibility index (Phi) is 2.88. The maximum atomic E-state index is 12.0. The predicted molar refractivity (Wildman–Crippen MR) is 67.3 cm³/mol. The largest absolute Gasteiger partial charge is 0.396 e. The molecule has 94 valence electrons. The highest BCUT2D eigenvalue weighted by Gasteiger charge is 2.15. The average Bonchev–Trinajstić information content (AvgIpc) is 2.64. The first-order valence-electron chi connectivity index (χ1n) is 5.24. The standard InChI is InChI=1S/C11H13N5O2/c1-15-6-7(3-4-9(15)17)14-11(18)10-8(12)5-13-16(10)2/h3-6H,12H2,1-2H3,(H,14,18). The van der Waals surface area contributed by atoms with Crippen LogP contribution in [0.25, 0.3) is 0 Å².